The van der Waals surface area contributed by atoms with E-state index in [2.05, 4.69) is 10.9 Å². The van der Waals surface area contributed by atoms with E-state index in [1.165, 1.54) is 28.7 Å². The monoisotopic (exact) mass is 454 g/mol. The molecule has 9 nitrogen and oxygen atoms in total. The number of carbonyl (C=O) groups is 1. The van der Waals surface area contributed by atoms with Crippen LogP contribution < -0.4 is 10.8 Å². The molecule has 0 spiro atoms. The number of hydrogen-bond donors (Lipinski definition) is 3. The summed E-state index contributed by atoms with van der Waals surface area (Å²) in [5.41, 5.74) is 0. The van der Waals surface area contributed by atoms with Crippen molar-refractivity contribution in [3.63, 3.8) is 0 Å². The minimum atomic E-state index is -3.66. The molecule has 0 radical (unpaired) electrons. The first-order valence-electron chi connectivity index (χ1n) is 7.44. The van der Waals surface area contributed by atoms with E-state index in [-0.39, 0.29) is 27.9 Å². The van der Waals surface area contributed by atoms with E-state index >= 15 is 0 Å². The number of aromatic carboxylic acids is 1. The largest absolute Gasteiger partial charge is 0.477 e. The number of hydrogen-bond acceptors (Lipinski definition) is 8. The maximum Gasteiger partial charge on any atom is 0.347 e. The summed E-state index contributed by atoms with van der Waals surface area (Å²) in [6, 6.07) is 4.22. The summed E-state index contributed by atoms with van der Waals surface area (Å²) in [5, 5.41) is 16.5. The summed E-state index contributed by atoms with van der Waals surface area (Å²) in [6.45, 7) is 1.38. The standard InChI is InChI=1S/C14H13Cl2N3O4S2.H3NO/c15-10-2-1-9(7-11(10)16)25(22,23)19-5-3-18(4-6-19)14-17-8-12(24-14)13(20)21;1-2/h1-2,7-8H,3-6H2,(H,20,21);2H,1H2. The first-order valence-corrected chi connectivity index (χ1v) is 10.5. The molecule has 27 heavy (non-hydrogen) atoms. The quantitative estimate of drug-likeness (QED) is 0.596. The Balaban J connectivity index is 0.00000126. The van der Waals surface area contributed by atoms with Crippen LogP contribution >= 0.6 is 34.5 Å². The Morgan fingerprint density at radius 2 is 1.78 bits per heavy atom. The van der Waals surface area contributed by atoms with Crippen molar-refractivity contribution < 1.29 is 23.5 Å². The minimum Gasteiger partial charge on any atom is -0.477 e. The van der Waals surface area contributed by atoms with Gasteiger partial charge in [0.05, 0.1) is 21.1 Å². The zero-order valence-corrected chi connectivity index (χ0v) is 16.9. The van der Waals surface area contributed by atoms with Gasteiger partial charge >= 0.3 is 5.97 Å². The number of nitrogens with zero attached hydrogens (tertiary/aromatic N) is 3. The van der Waals surface area contributed by atoms with E-state index in [1.54, 1.807) is 0 Å². The minimum absolute atomic E-state index is 0.0952. The predicted octanol–water partition coefficient (Wildman–Crippen LogP) is 1.99. The lowest BCUT2D eigenvalue weighted by Crippen LogP contribution is -2.48. The molecule has 0 unspecified atom stereocenters. The second kappa shape index (κ2) is 9.15. The average Bonchev–Trinajstić information content (AvgIpc) is 3.16. The maximum atomic E-state index is 12.7. The number of piperazine rings is 1. The Kier molecular flexibility index (Phi) is 7.40. The predicted molar refractivity (Wildman–Crippen MR) is 102 cm³/mol. The van der Waals surface area contributed by atoms with Gasteiger partial charge in [-0.25, -0.2) is 24.1 Å². The lowest BCUT2D eigenvalue weighted by Gasteiger charge is -2.33. The van der Waals surface area contributed by atoms with Gasteiger partial charge in [-0.2, -0.15) is 4.31 Å². The number of aromatic nitrogens is 1. The second-order valence-electron chi connectivity index (χ2n) is 5.28. The molecule has 1 aliphatic rings. The fraction of sp³-hybridized carbons (Fsp3) is 0.286. The molecule has 0 atom stereocenters. The van der Waals surface area contributed by atoms with Crippen LogP contribution in [0.5, 0.6) is 0 Å². The number of carboxylic acids is 1. The van der Waals surface area contributed by atoms with Gasteiger partial charge in [0.25, 0.3) is 0 Å². The number of sulfonamides is 1. The molecule has 3 rings (SSSR count). The molecule has 148 valence electrons. The highest BCUT2D eigenvalue weighted by molar-refractivity contribution is 7.89. The van der Waals surface area contributed by atoms with Crippen LogP contribution in [0.2, 0.25) is 10.0 Å². The van der Waals surface area contributed by atoms with Gasteiger partial charge in [0.2, 0.25) is 10.0 Å². The van der Waals surface area contributed by atoms with Gasteiger partial charge in [0, 0.05) is 26.2 Å². The van der Waals surface area contributed by atoms with Crippen LogP contribution in [-0.4, -0.2) is 60.2 Å². The number of carboxylic acid groups (broad SMARTS) is 1. The summed E-state index contributed by atoms with van der Waals surface area (Å²) in [5.74, 6) is 2.48. The highest BCUT2D eigenvalue weighted by Gasteiger charge is 2.30. The van der Waals surface area contributed by atoms with Gasteiger partial charge in [-0.15, -0.1) is 0 Å². The smallest absolute Gasteiger partial charge is 0.347 e. The summed E-state index contributed by atoms with van der Waals surface area (Å²) in [7, 11) is -3.66. The van der Waals surface area contributed by atoms with Gasteiger partial charge in [-0.3, -0.25) is 0 Å². The Morgan fingerprint density at radius 3 is 2.30 bits per heavy atom. The van der Waals surface area contributed by atoms with Crippen molar-refractivity contribution in [2.45, 2.75) is 4.90 Å². The Morgan fingerprint density at radius 1 is 1.15 bits per heavy atom. The van der Waals surface area contributed by atoms with Gasteiger partial charge in [-0.1, -0.05) is 34.5 Å². The Labute approximate surface area is 169 Å². The third kappa shape index (κ3) is 4.88. The SMILES string of the molecule is NO.O=C(O)c1cnc(N2CCN(S(=O)(=O)c3ccc(Cl)c(Cl)c3)CC2)s1. The molecule has 1 fully saturated rings. The molecule has 0 bridgehead atoms. The molecule has 13 heteroatoms. The molecule has 0 aliphatic carbocycles. The zero-order valence-electron chi connectivity index (χ0n) is 13.7. The van der Waals surface area contributed by atoms with Crippen LogP contribution in [0.1, 0.15) is 9.67 Å². The second-order valence-corrected chi connectivity index (χ2v) is 9.04. The van der Waals surface area contributed by atoms with Crippen LogP contribution in [0.15, 0.2) is 29.3 Å². The summed E-state index contributed by atoms with van der Waals surface area (Å²) < 4.78 is 26.8. The summed E-state index contributed by atoms with van der Waals surface area (Å²) in [4.78, 5) is 17.1. The van der Waals surface area contributed by atoms with Crippen molar-refractivity contribution >= 4 is 55.7 Å². The highest BCUT2D eigenvalue weighted by atomic mass is 35.5. The highest BCUT2D eigenvalue weighted by Crippen LogP contribution is 2.28. The van der Waals surface area contributed by atoms with Crippen LogP contribution in [-0.2, 0) is 10.0 Å². The van der Waals surface area contributed by atoms with E-state index in [4.69, 9.17) is 33.5 Å². The first-order chi connectivity index (χ1) is 12.8. The first kappa shape index (κ1) is 21.8. The average molecular weight is 455 g/mol. The maximum absolute atomic E-state index is 12.7. The summed E-state index contributed by atoms with van der Waals surface area (Å²) in [6.07, 6.45) is 1.31. The van der Waals surface area contributed by atoms with E-state index in [0.29, 0.717) is 23.2 Å². The lowest BCUT2D eigenvalue weighted by atomic mass is 10.4. The number of nitrogens with two attached hydrogens (primary N) is 1. The van der Waals surface area contributed by atoms with Crippen molar-refractivity contribution in [1.82, 2.24) is 9.29 Å². The van der Waals surface area contributed by atoms with Crippen LogP contribution in [0.3, 0.4) is 0 Å². The van der Waals surface area contributed by atoms with E-state index in [9.17, 15) is 13.2 Å². The number of rotatable bonds is 4. The zero-order chi connectivity index (χ0) is 20.2. The van der Waals surface area contributed by atoms with Gasteiger partial charge in [0.15, 0.2) is 5.13 Å². The molecule has 1 aromatic carbocycles. The molecule has 0 amide bonds. The van der Waals surface area contributed by atoms with Crippen LogP contribution in [0.4, 0.5) is 5.13 Å². The molecule has 2 aromatic rings. The van der Waals surface area contributed by atoms with Crippen molar-refractivity contribution in [3.05, 3.63) is 39.3 Å². The van der Waals surface area contributed by atoms with E-state index < -0.39 is 16.0 Å². The number of halogens is 2. The molecule has 4 N–H and O–H groups in total. The van der Waals surface area contributed by atoms with Gasteiger partial charge in [-0.05, 0) is 18.2 Å². The fourth-order valence-corrected chi connectivity index (χ4v) is 5.03. The molecular weight excluding hydrogens is 439 g/mol. The van der Waals surface area contributed by atoms with E-state index in [0.717, 1.165) is 11.3 Å². The molecule has 1 saturated heterocycles. The molecule has 0 saturated carbocycles. The van der Waals surface area contributed by atoms with Crippen molar-refractivity contribution in [2.75, 3.05) is 31.1 Å². The van der Waals surface area contributed by atoms with Crippen LogP contribution in [0.25, 0.3) is 0 Å². The Bertz CT molecular complexity index is 914. The van der Waals surface area contributed by atoms with Crippen molar-refractivity contribution in [3.8, 4) is 0 Å². The molecular formula is C14H16Cl2N4O5S2. The van der Waals surface area contributed by atoms with Crippen LogP contribution in [0, 0.1) is 0 Å². The van der Waals surface area contributed by atoms with Crippen molar-refractivity contribution in [1.29, 1.82) is 0 Å². The Hall–Kier alpha value is -1.47. The van der Waals surface area contributed by atoms with Gasteiger partial charge < -0.3 is 15.2 Å². The van der Waals surface area contributed by atoms with Crippen molar-refractivity contribution in [2.24, 2.45) is 5.90 Å². The number of benzene rings is 1. The fourth-order valence-electron chi connectivity index (χ4n) is 2.42. The third-order valence-electron chi connectivity index (χ3n) is 3.74. The number of thiazole rings is 1. The lowest BCUT2D eigenvalue weighted by molar-refractivity contribution is 0.0702. The number of anilines is 1. The normalized spacial score (nSPS) is 15.2. The molecule has 2 heterocycles. The third-order valence-corrected chi connectivity index (χ3v) is 7.42. The molecule has 1 aromatic heterocycles. The summed E-state index contributed by atoms with van der Waals surface area (Å²) >= 11 is 12.8. The molecule has 1 aliphatic heterocycles. The van der Waals surface area contributed by atoms with Gasteiger partial charge in [0.1, 0.15) is 4.88 Å². The van der Waals surface area contributed by atoms with E-state index in [1.807, 2.05) is 4.90 Å². The topological polar surface area (TPSA) is 137 Å².